The first-order valence-corrected chi connectivity index (χ1v) is 16.7. The molecule has 0 unspecified atom stereocenters. The van der Waals surface area contributed by atoms with Gasteiger partial charge in [-0.2, -0.15) is 0 Å². The normalized spacial score (nSPS) is 11.6. The number of para-hydroxylation sites is 2. The monoisotopic (exact) mass is 640 g/mol. The molecule has 0 N–H and O–H groups in total. The number of hydrogen-bond donors (Lipinski definition) is 0. The maximum Gasteiger partial charge on any atom is 0.213 e. The predicted molar refractivity (Wildman–Crippen MR) is 203 cm³/mol. The zero-order valence-corrected chi connectivity index (χ0v) is 26.9. The zero-order valence-electron chi connectivity index (χ0n) is 26.9. The Hall–Kier alpha value is -6.85. The van der Waals surface area contributed by atoms with Gasteiger partial charge in [-0.15, -0.1) is 0 Å². The van der Waals surface area contributed by atoms with Gasteiger partial charge in [-0.1, -0.05) is 140 Å². The smallest absolute Gasteiger partial charge is 0.213 e. The van der Waals surface area contributed by atoms with Gasteiger partial charge in [0.1, 0.15) is 5.69 Å². The lowest BCUT2D eigenvalue weighted by atomic mass is 10.00. The minimum atomic E-state index is 0.681. The van der Waals surface area contributed by atoms with Gasteiger partial charge < -0.3 is 4.42 Å². The van der Waals surface area contributed by atoms with Crippen molar-refractivity contribution in [3.05, 3.63) is 170 Å². The molecule has 0 radical (unpaired) electrons. The summed E-state index contributed by atoms with van der Waals surface area (Å²) in [6.07, 6.45) is 0. The SMILES string of the molecule is c1ccc(-c2cc(-c3ccc4c(c3)nc(-c3ccccc3)c3oc5c(c6ccccc6n5-c5ccccc5)c34)nc(-c3ccccc3)n2)cc1. The summed E-state index contributed by atoms with van der Waals surface area (Å²) in [5.74, 6) is 0.681. The lowest BCUT2D eigenvalue weighted by Gasteiger charge is -2.11. The third kappa shape index (κ3) is 4.52. The van der Waals surface area contributed by atoms with Gasteiger partial charge in [-0.25, -0.2) is 15.0 Å². The number of rotatable bonds is 5. The zero-order chi connectivity index (χ0) is 33.0. The van der Waals surface area contributed by atoms with Crippen LogP contribution in [-0.4, -0.2) is 19.5 Å². The van der Waals surface area contributed by atoms with Crippen LogP contribution in [0.15, 0.2) is 174 Å². The lowest BCUT2D eigenvalue weighted by molar-refractivity contribution is 0.645. The molecular weight excluding hydrogens is 613 g/mol. The Balaban J connectivity index is 1.27. The van der Waals surface area contributed by atoms with E-state index in [-0.39, 0.29) is 0 Å². The van der Waals surface area contributed by atoms with Crippen LogP contribution in [0.1, 0.15) is 0 Å². The van der Waals surface area contributed by atoms with Crippen molar-refractivity contribution in [2.24, 2.45) is 0 Å². The third-order valence-electron chi connectivity index (χ3n) is 9.41. The fourth-order valence-electron chi connectivity index (χ4n) is 7.10. The van der Waals surface area contributed by atoms with Gasteiger partial charge in [0.05, 0.1) is 27.8 Å². The number of aromatic nitrogens is 4. The summed E-state index contributed by atoms with van der Waals surface area (Å²) in [7, 11) is 0. The minimum absolute atomic E-state index is 0.681. The van der Waals surface area contributed by atoms with Crippen molar-refractivity contribution in [2.75, 3.05) is 0 Å². The second kappa shape index (κ2) is 11.4. The van der Waals surface area contributed by atoms with Crippen molar-refractivity contribution in [2.45, 2.75) is 0 Å². The van der Waals surface area contributed by atoms with E-state index in [1.807, 2.05) is 60.7 Å². The van der Waals surface area contributed by atoms with Crippen LogP contribution in [0, 0.1) is 0 Å². The van der Waals surface area contributed by atoms with Crippen LogP contribution in [0.5, 0.6) is 0 Å². The number of pyridine rings is 1. The molecule has 10 aromatic rings. The molecule has 0 aliphatic heterocycles. The number of benzene rings is 6. The highest BCUT2D eigenvalue weighted by molar-refractivity contribution is 6.28. The lowest BCUT2D eigenvalue weighted by Crippen LogP contribution is -1.96. The molecule has 0 atom stereocenters. The van der Waals surface area contributed by atoms with Gasteiger partial charge in [-0.3, -0.25) is 4.57 Å². The summed E-state index contributed by atoms with van der Waals surface area (Å²) >= 11 is 0. The largest absolute Gasteiger partial charge is 0.437 e. The van der Waals surface area contributed by atoms with Crippen LogP contribution in [0.3, 0.4) is 0 Å². The van der Waals surface area contributed by atoms with Crippen LogP contribution in [0.4, 0.5) is 0 Å². The second-order valence-electron chi connectivity index (χ2n) is 12.4. The van der Waals surface area contributed by atoms with Crippen LogP contribution in [-0.2, 0) is 0 Å². The average Bonchev–Trinajstić information content (AvgIpc) is 3.74. The second-order valence-corrected chi connectivity index (χ2v) is 12.4. The fourth-order valence-corrected chi connectivity index (χ4v) is 7.10. The molecule has 4 aromatic heterocycles. The quantitative estimate of drug-likeness (QED) is 0.188. The van der Waals surface area contributed by atoms with Gasteiger partial charge >= 0.3 is 0 Å². The van der Waals surface area contributed by atoms with Crippen molar-refractivity contribution < 1.29 is 4.42 Å². The molecule has 0 aliphatic carbocycles. The van der Waals surface area contributed by atoms with E-state index in [4.69, 9.17) is 19.4 Å². The molecule has 4 heterocycles. The summed E-state index contributed by atoms with van der Waals surface area (Å²) in [6.45, 7) is 0. The molecular formula is C45H28N4O. The van der Waals surface area contributed by atoms with Crippen molar-refractivity contribution in [3.63, 3.8) is 0 Å². The van der Waals surface area contributed by atoms with E-state index >= 15 is 0 Å². The number of hydrogen-bond acceptors (Lipinski definition) is 4. The summed E-state index contributed by atoms with van der Waals surface area (Å²) in [5, 5.41) is 4.30. The van der Waals surface area contributed by atoms with E-state index in [1.165, 1.54) is 0 Å². The summed E-state index contributed by atoms with van der Waals surface area (Å²) in [4.78, 5) is 15.4. The Morgan fingerprint density at radius 2 is 1.04 bits per heavy atom. The van der Waals surface area contributed by atoms with Gasteiger partial charge in [0, 0.05) is 44.1 Å². The minimum Gasteiger partial charge on any atom is -0.437 e. The average molecular weight is 641 g/mol. The summed E-state index contributed by atoms with van der Waals surface area (Å²) in [5.41, 5.74) is 11.1. The maximum atomic E-state index is 6.94. The van der Waals surface area contributed by atoms with Crippen LogP contribution < -0.4 is 0 Å². The Bertz CT molecular complexity index is 2780. The molecule has 50 heavy (non-hydrogen) atoms. The molecule has 6 aromatic carbocycles. The fraction of sp³-hybridized carbons (Fsp3) is 0. The van der Waals surface area contributed by atoms with Crippen molar-refractivity contribution in [1.29, 1.82) is 0 Å². The Morgan fingerprint density at radius 3 is 1.76 bits per heavy atom. The number of fused-ring (bicyclic) bond motifs is 7. The Kier molecular flexibility index (Phi) is 6.42. The molecule has 0 amide bonds. The summed E-state index contributed by atoms with van der Waals surface area (Å²) < 4.78 is 9.16. The highest BCUT2D eigenvalue weighted by Gasteiger charge is 2.24. The Labute approximate surface area is 287 Å². The molecule has 5 nitrogen and oxygen atoms in total. The van der Waals surface area contributed by atoms with Crippen LogP contribution in [0.25, 0.3) is 94.7 Å². The van der Waals surface area contributed by atoms with Crippen LogP contribution in [0.2, 0.25) is 0 Å². The van der Waals surface area contributed by atoms with Gasteiger partial charge in [0.2, 0.25) is 5.71 Å². The van der Waals surface area contributed by atoms with E-state index in [0.717, 1.165) is 88.9 Å². The van der Waals surface area contributed by atoms with Gasteiger partial charge in [-0.05, 0) is 30.3 Å². The highest BCUT2D eigenvalue weighted by Crippen LogP contribution is 2.45. The first kappa shape index (κ1) is 28.2. The van der Waals surface area contributed by atoms with Gasteiger partial charge in [0.15, 0.2) is 11.4 Å². The molecule has 0 fully saturated rings. The molecule has 0 aliphatic rings. The molecule has 10 rings (SSSR count). The van der Waals surface area contributed by atoms with Gasteiger partial charge in [0.25, 0.3) is 0 Å². The number of furan rings is 1. The predicted octanol–water partition coefficient (Wildman–Crippen LogP) is 11.5. The van der Waals surface area contributed by atoms with E-state index in [9.17, 15) is 0 Å². The van der Waals surface area contributed by atoms with E-state index < -0.39 is 0 Å². The molecule has 0 spiro atoms. The van der Waals surface area contributed by atoms with E-state index in [0.29, 0.717) is 5.82 Å². The standard InChI is InChI=1S/C45H28N4O/c1-5-15-29(16-6-1)36-28-37(48-44(47-36)31-19-9-3-10-20-31)32-25-26-34-38(27-32)46-42(30-17-7-2-8-18-30)43-40(34)41-35-23-13-14-24-39(35)49(45(41)50-43)33-21-11-4-12-22-33/h1-28H. The molecule has 234 valence electrons. The van der Waals surface area contributed by atoms with Crippen molar-refractivity contribution >= 4 is 43.9 Å². The van der Waals surface area contributed by atoms with E-state index in [1.54, 1.807) is 0 Å². The summed E-state index contributed by atoms with van der Waals surface area (Å²) in [6, 6.07) is 58.2. The van der Waals surface area contributed by atoms with Crippen molar-refractivity contribution in [3.8, 4) is 50.8 Å². The molecule has 0 saturated heterocycles. The molecule has 5 heteroatoms. The van der Waals surface area contributed by atoms with Crippen molar-refractivity contribution in [1.82, 2.24) is 19.5 Å². The maximum absolute atomic E-state index is 6.94. The van der Waals surface area contributed by atoms with E-state index in [2.05, 4.69) is 114 Å². The first-order chi connectivity index (χ1) is 24.8. The first-order valence-electron chi connectivity index (χ1n) is 16.7. The molecule has 0 saturated carbocycles. The topological polar surface area (TPSA) is 56.7 Å². The third-order valence-corrected chi connectivity index (χ3v) is 9.41. The highest BCUT2D eigenvalue weighted by atomic mass is 16.3. The molecule has 0 bridgehead atoms. The Morgan fingerprint density at radius 1 is 0.440 bits per heavy atom. The van der Waals surface area contributed by atoms with Crippen LogP contribution >= 0.6 is 0 Å². The number of nitrogens with zero attached hydrogens (tertiary/aromatic N) is 4.